The second kappa shape index (κ2) is 10.3. The molecule has 0 aliphatic carbocycles. The van der Waals surface area contributed by atoms with Crippen molar-refractivity contribution in [3.63, 3.8) is 0 Å². The summed E-state index contributed by atoms with van der Waals surface area (Å²) in [6.45, 7) is 4.63. The highest BCUT2D eigenvalue weighted by atomic mass is 16.5. The van der Waals surface area contributed by atoms with Crippen LogP contribution in [0.1, 0.15) is 17.2 Å². The molecule has 2 aromatic carbocycles. The smallest absolute Gasteiger partial charge is 0.224 e. The topological polar surface area (TPSA) is 54.0 Å². The molecular weight excluding hydrogens is 366 g/mol. The van der Waals surface area contributed by atoms with E-state index in [1.165, 1.54) is 5.56 Å². The van der Waals surface area contributed by atoms with Gasteiger partial charge in [0.05, 0.1) is 26.7 Å². The maximum atomic E-state index is 12.5. The van der Waals surface area contributed by atoms with Gasteiger partial charge in [-0.3, -0.25) is 9.69 Å². The molecule has 1 fully saturated rings. The van der Waals surface area contributed by atoms with Crippen LogP contribution in [-0.2, 0) is 11.2 Å². The average molecular weight is 398 g/mol. The minimum Gasteiger partial charge on any atom is -0.497 e. The van der Waals surface area contributed by atoms with Crippen molar-refractivity contribution in [2.24, 2.45) is 0 Å². The quantitative estimate of drug-likeness (QED) is 0.741. The van der Waals surface area contributed by atoms with Crippen LogP contribution >= 0.6 is 0 Å². The molecule has 1 atom stereocenters. The van der Waals surface area contributed by atoms with E-state index >= 15 is 0 Å². The van der Waals surface area contributed by atoms with Crippen molar-refractivity contribution < 1.29 is 14.3 Å². The molecule has 6 nitrogen and oxygen atoms in total. The van der Waals surface area contributed by atoms with Gasteiger partial charge in [0.1, 0.15) is 11.5 Å². The number of methoxy groups -OCH3 is 2. The zero-order valence-corrected chi connectivity index (χ0v) is 17.6. The van der Waals surface area contributed by atoms with Gasteiger partial charge in [-0.15, -0.1) is 0 Å². The van der Waals surface area contributed by atoms with E-state index in [1.807, 2.05) is 36.4 Å². The van der Waals surface area contributed by atoms with Gasteiger partial charge in [0.25, 0.3) is 0 Å². The number of carbonyl (C=O) groups is 1. The van der Waals surface area contributed by atoms with Crippen LogP contribution in [-0.4, -0.2) is 69.7 Å². The molecule has 1 aliphatic heterocycles. The van der Waals surface area contributed by atoms with E-state index in [0.717, 1.165) is 43.2 Å². The molecule has 3 rings (SSSR count). The lowest BCUT2D eigenvalue weighted by molar-refractivity contribution is -0.120. The fourth-order valence-electron chi connectivity index (χ4n) is 3.62. The van der Waals surface area contributed by atoms with Crippen LogP contribution in [0.3, 0.4) is 0 Å². The second-order valence-electron chi connectivity index (χ2n) is 7.46. The summed E-state index contributed by atoms with van der Waals surface area (Å²) >= 11 is 0. The van der Waals surface area contributed by atoms with Gasteiger partial charge in [-0.05, 0) is 42.4 Å². The number of hydrogen-bond donors (Lipinski definition) is 1. The van der Waals surface area contributed by atoms with E-state index < -0.39 is 0 Å². The largest absolute Gasteiger partial charge is 0.497 e. The minimum absolute atomic E-state index is 0.0304. The summed E-state index contributed by atoms with van der Waals surface area (Å²) in [5, 5.41) is 3.14. The van der Waals surface area contributed by atoms with E-state index in [0.29, 0.717) is 13.0 Å². The number of nitrogens with one attached hydrogen (secondary N) is 1. The van der Waals surface area contributed by atoms with Gasteiger partial charge in [0.2, 0.25) is 5.91 Å². The molecule has 0 radical (unpaired) electrons. The van der Waals surface area contributed by atoms with Gasteiger partial charge >= 0.3 is 0 Å². The fourth-order valence-corrected chi connectivity index (χ4v) is 3.62. The van der Waals surface area contributed by atoms with Crippen molar-refractivity contribution >= 4 is 5.91 Å². The molecule has 1 heterocycles. The van der Waals surface area contributed by atoms with E-state index in [2.05, 4.69) is 34.3 Å². The molecule has 0 bridgehead atoms. The number of hydrogen-bond acceptors (Lipinski definition) is 5. The van der Waals surface area contributed by atoms with Gasteiger partial charge in [-0.2, -0.15) is 0 Å². The number of ether oxygens (including phenoxy) is 2. The van der Waals surface area contributed by atoms with Gasteiger partial charge in [0.15, 0.2) is 0 Å². The molecule has 0 aromatic heterocycles. The molecule has 0 spiro atoms. The van der Waals surface area contributed by atoms with Gasteiger partial charge in [-0.25, -0.2) is 0 Å². The Morgan fingerprint density at radius 3 is 2.03 bits per heavy atom. The Morgan fingerprint density at radius 1 is 0.931 bits per heavy atom. The highest BCUT2D eigenvalue weighted by Crippen LogP contribution is 2.24. The Bertz CT molecular complexity index is 769. The first kappa shape index (κ1) is 21.1. The van der Waals surface area contributed by atoms with Crippen LogP contribution < -0.4 is 14.8 Å². The van der Waals surface area contributed by atoms with Crippen molar-refractivity contribution in [2.75, 3.05) is 54.0 Å². The van der Waals surface area contributed by atoms with Crippen molar-refractivity contribution in [3.05, 3.63) is 59.7 Å². The van der Waals surface area contributed by atoms with E-state index in [1.54, 1.807) is 14.2 Å². The molecule has 1 amide bonds. The third kappa shape index (κ3) is 5.95. The van der Waals surface area contributed by atoms with Crippen LogP contribution in [0.4, 0.5) is 0 Å². The lowest BCUT2D eigenvalue weighted by Gasteiger charge is -2.38. The van der Waals surface area contributed by atoms with Crippen LogP contribution in [0.15, 0.2) is 48.5 Å². The van der Waals surface area contributed by atoms with E-state index in [-0.39, 0.29) is 11.9 Å². The SMILES string of the molecule is COc1ccc(CC(=O)NC[C@H](c2ccc(OC)cc2)N2CCN(C)CC2)cc1. The number of likely N-dealkylation sites (N-methyl/N-ethyl adjacent to an activating group) is 1. The van der Waals surface area contributed by atoms with E-state index in [9.17, 15) is 4.79 Å². The number of benzene rings is 2. The standard InChI is InChI=1S/C23H31N3O3/c1-25-12-14-26(15-13-25)22(19-6-10-21(29-3)11-7-19)17-24-23(27)16-18-4-8-20(28-2)9-5-18/h4-11,22H,12-17H2,1-3H3,(H,24,27)/t22-/m1/s1. The summed E-state index contributed by atoms with van der Waals surface area (Å²) < 4.78 is 10.5. The van der Waals surface area contributed by atoms with Crippen molar-refractivity contribution in [1.29, 1.82) is 0 Å². The van der Waals surface area contributed by atoms with Gasteiger partial charge < -0.3 is 19.7 Å². The minimum atomic E-state index is 0.0304. The lowest BCUT2D eigenvalue weighted by Crippen LogP contribution is -2.48. The predicted octanol–water partition coefficient (Wildman–Crippen LogP) is 2.35. The fraction of sp³-hybridized carbons (Fsp3) is 0.435. The summed E-state index contributed by atoms with van der Waals surface area (Å²) in [5.41, 5.74) is 2.17. The molecule has 0 saturated carbocycles. The zero-order chi connectivity index (χ0) is 20.6. The molecule has 1 N–H and O–H groups in total. The third-order valence-electron chi connectivity index (χ3n) is 5.50. The van der Waals surface area contributed by atoms with Crippen LogP contribution in [0.5, 0.6) is 11.5 Å². The Hall–Kier alpha value is -2.57. The Balaban J connectivity index is 1.64. The molecule has 1 saturated heterocycles. The summed E-state index contributed by atoms with van der Waals surface area (Å²) in [6.07, 6.45) is 0.363. The van der Waals surface area contributed by atoms with Gasteiger partial charge in [0, 0.05) is 32.7 Å². The summed E-state index contributed by atoms with van der Waals surface area (Å²) in [4.78, 5) is 17.3. The molecule has 156 valence electrons. The molecule has 1 aliphatic rings. The number of nitrogens with zero attached hydrogens (tertiary/aromatic N) is 2. The Morgan fingerprint density at radius 2 is 1.48 bits per heavy atom. The average Bonchev–Trinajstić information content (AvgIpc) is 2.76. The number of rotatable bonds is 8. The predicted molar refractivity (Wildman–Crippen MR) is 115 cm³/mol. The summed E-state index contributed by atoms with van der Waals surface area (Å²) in [7, 11) is 5.46. The van der Waals surface area contributed by atoms with Gasteiger partial charge in [-0.1, -0.05) is 24.3 Å². The van der Waals surface area contributed by atoms with Crippen molar-refractivity contribution in [3.8, 4) is 11.5 Å². The molecule has 0 unspecified atom stereocenters. The summed E-state index contributed by atoms with van der Waals surface area (Å²) in [5.74, 6) is 1.67. The first-order chi connectivity index (χ1) is 14.1. The zero-order valence-electron chi connectivity index (χ0n) is 17.6. The van der Waals surface area contributed by atoms with Crippen LogP contribution in [0, 0.1) is 0 Å². The maximum Gasteiger partial charge on any atom is 0.224 e. The Kier molecular flexibility index (Phi) is 7.49. The van der Waals surface area contributed by atoms with Crippen molar-refractivity contribution in [1.82, 2.24) is 15.1 Å². The second-order valence-corrected chi connectivity index (χ2v) is 7.46. The van der Waals surface area contributed by atoms with Crippen LogP contribution in [0.2, 0.25) is 0 Å². The van der Waals surface area contributed by atoms with Crippen LogP contribution in [0.25, 0.3) is 0 Å². The molecule has 29 heavy (non-hydrogen) atoms. The highest BCUT2D eigenvalue weighted by Gasteiger charge is 2.24. The monoisotopic (exact) mass is 397 g/mol. The first-order valence-corrected chi connectivity index (χ1v) is 10.0. The summed E-state index contributed by atoms with van der Waals surface area (Å²) in [6, 6.07) is 15.9. The molecular formula is C23H31N3O3. The third-order valence-corrected chi connectivity index (χ3v) is 5.50. The molecule has 2 aromatic rings. The number of amides is 1. The maximum absolute atomic E-state index is 12.5. The first-order valence-electron chi connectivity index (χ1n) is 10.0. The number of carbonyl (C=O) groups excluding carboxylic acids is 1. The highest BCUT2D eigenvalue weighted by molar-refractivity contribution is 5.78. The van der Waals surface area contributed by atoms with E-state index in [4.69, 9.17) is 9.47 Å². The number of piperazine rings is 1. The lowest BCUT2D eigenvalue weighted by atomic mass is 10.0. The molecule has 6 heteroatoms. The van der Waals surface area contributed by atoms with Crippen molar-refractivity contribution in [2.45, 2.75) is 12.5 Å². The normalized spacial score (nSPS) is 16.2. The Labute approximate surface area is 173 Å².